The lowest BCUT2D eigenvalue weighted by Gasteiger charge is -2.12. The van der Waals surface area contributed by atoms with Crippen molar-refractivity contribution in [2.24, 2.45) is 15.4 Å². The lowest BCUT2D eigenvalue weighted by Crippen LogP contribution is -2.26. The third-order valence-corrected chi connectivity index (χ3v) is 2.71. The van der Waals surface area contributed by atoms with Crippen molar-refractivity contribution in [3.05, 3.63) is 43.3 Å². The van der Waals surface area contributed by atoms with Gasteiger partial charge in [0.1, 0.15) is 10.6 Å². The summed E-state index contributed by atoms with van der Waals surface area (Å²) < 4.78 is 22.5. The van der Waals surface area contributed by atoms with E-state index in [-0.39, 0.29) is 0 Å². The zero-order valence-corrected chi connectivity index (χ0v) is 9.20. The van der Waals surface area contributed by atoms with Gasteiger partial charge in [-0.1, -0.05) is 10.2 Å². The molecule has 92 valence electrons. The molecule has 0 heterocycles. The predicted molar refractivity (Wildman–Crippen MR) is 56.5 cm³/mol. The molecule has 2 N–H and O–H groups in total. The molecule has 0 bridgehead atoms. The van der Waals surface area contributed by atoms with Crippen molar-refractivity contribution in [3.63, 3.8) is 0 Å². The molecule has 0 aliphatic heterocycles. The van der Waals surface area contributed by atoms with Gasteiger partial charge in [0.25, 0.3) is 0 Å². The summed E-state index contributed by atoms with van der Waals surface area (Å²) in [6.07, 6.45) is 0.498. The van der Waals surface area contributed by atoms with Gasteiger partial charge in [0, 0.05) is 15.9 Å². The number of carbonyl (C=O) groups excluding carboxylic acids is 2. The van der Waals surface area contributed by atoms with Crippen LogP contribution in [0.15, 0.2) is 32.6 Å². The summed E-state index contributed by atoms with van der Waals surface area (Å²) in [6, 6.07) is 0. The molecular weight excluding hydrogens is 266 g/mol. The SMILES string of the molecule is [N-]=[N+]=NC1=CC(=O)C(=O)C(N=[N+]=[N-])=C1S(N)(=O)=O. The fourth-order valence-electron chi connectivity index (χ4n) is 1.13. The molecule has 0 aromatic heterocycles. The highest BCUT2D eigenvalue weighted by Gasteiger charge is 2.33. The Kier molecular flexibility index (Phi) is 3.50. The van der Waals surface area contributed by atoms with Crippen LogP contribution >= 0.6 is 0 Å². The first-order valence-electron chi connectivity index (χ1n) is 4.01. The Hall–Kier alpha value is -2.65. The number of azide groups is 2. The van der Waals surface area contributed by atoms with Crippen LogP contribution in [0, 0.1) is 0 Å². The Bertz CT molecular complexity index is 702. The molecule has 0 amide bonds. The number of nitrogens with zero attached hydrogens (tertiary/aromatic N) is 6. The molecular formula is C6H3N7O4S. The van der Waals surface area contributed by atoms with Crippen LogP contribution in [-0.2, 0) is 19.6 Å². The molecule has 11 nitrogen and oxygen atoms in total. The molecule has 0 atom stereocenters. The standard InChI is InChI=1S/C6H3N7O4S/c7-12-10-2-1-3(14)5(15)4(11-13-8)6(2)18(9,16)17/h1H,(H2,9,16,17). The van der Waals surface area contributed by atoms with Crippen LogP contribution < -0.4 is 5.14 Å². The number of allylic oxidation sites excluding steroid dienone is 2. The van der Waals surface area contributed by atoms with Crippen LogP contribution in [0.4, 0.5) is 0 Å². The Morgan fingerprint density at radius 2 is 1.72 bits per heavy atom. The molecule has 18 heavy (non-hydrogen) atoms. The van der Waals surface area contributed by atoms with Crippen molar-refractivity contribution in [2.75, 3.05) is 0 Å². The number of ketones is 2. The fraction of sp³-hybridized carbons (Fsp3) is 0. The van der Waals surface area contributed by atoms with E-state index in [1.54, 1.807) is 0 Å². The van der Waals surface area contributed by atoms with E-state index in [4.69, 9.17) is 16.2 Å². The number of hydrogen-bond donors (Lipinski definition) is 1. The van der Waals surface area contributed by atoms with Crippen molar-refractivity contribution in [1.29, 1.82) is 0 Å². The van der Waals surface area contributed by atoms with E-state index in [9.17, 15) is 18.0 Å². The highest BCUT2D eigenvalue weighted by atomic mass is 32.2. The zero-order chi connectivity index (χ0) is 13.9. The molecule has 1 aliphatic rings. The Balaban J connectivity index is 3.80. The van der Waals surface area contributed by atoms with Gasteiger partial charge in [0.2, 0.25) is 21.6 Å². The van der Waals surface area contributed by atoms with E-state index in [1.165, 1.54) is 0 Å². The monoisotopic (exact) mass is 269 g/mol. The highest BCUT2D eigenvalue weighted by Crippen LogP contribution is 2.26. The van der Waals surface area contributed by atoms with Gasteiger partial charge in [-0.15, -0.1) is 0 Å². The second-order valence-corrected chi connectivity index (χ2v) is 4.32. The van der Waals surface area contributed by atoms with Crippen LogP contribution in [0.1, 0.15) is 0 Å². The van der Waals surface area contributed by atoms with Crippen LogP contribution in [0.25, 0.3) is 20.9 Å². The molecule has 1 rings (SSSR count). The average molecular weight is 269 g/mol. The van der Waals surface area contributed by atoms with Gasteiger partial charge < -0.3 is 0 Å². The van der Waals surface area contributed by atoms with E-state index < -0.39 is 37.9 Å². The molecule has 0 saturated heterocycles. The lowest BCUT2D eigenvalue weighted by atomic mass is 10.1. The number of sulfonamides is 1. The number of rotatable bonds is 3. The summed E-state index contributed by atoms with van der Waals surface area (Å²) in [4.78, 5) is 26.0. The van der Waals surface area contributed by atoms with Crippen LogP contribution in [-0.4, -0.2) is 20.0 Å². The predicted octanol–water partition coefficient (Wildman–Crippen LogP) is 0.143. The van der Waals surface area contributed by atoms with Crippen LogP contribution in [0.5, 0.6) is 0 Å². The van der Waals surface area contributed by atoms with Gasteiger partial charge >= 0.3 is 0 Å². The maximum Gasteiger partial charge on any atom is 0.239 e. The minimum atomic E-state index is -4.52. The van der Waals surface area contributed by atoms with Gasteiger partial charge in [0.15, 0.2) is 0 Å². The first kappa shape index (κ1) is 13.4. The van der Waals surface area contributed by atoms with E-state index in [2.05, 4.69) is 20.1 Å². The van der Waals surface area contributed by atoms with Crippen molar-refractivity contribution in [3.8, 4) is 0 Å². The number of Topliss-reactive ketones (excluding diaryl/α,β-unsaturated/α-hetero) is 1. The molecule has 0 spiro atoms. The third kappa shape index (κ3) is 2.36. The highest BCUT2D eigenvalue weighted by molar-refractivity contribution is 7.93. The largest absolute Gasteiger partial charge is 0.286 e. The smallest absolute Gasteiger partial charge is 0.239 e. The van der Waals surface area contributed by atoms with E-state index in [0.29, 0.717) is 6.08 Å². The molecule has 1 aliphatic carbocycles. The molecule has 0 unspecified atom stereocenters. The number of hydrogen-bond acceptors (Lipinski definition) is 6. The molecule has 12 heteroatoms. The first-order valence-corrected chi connectivity index (χ1v) is 5.55. The summed E-state index contributed by atoms with van der Waals surface area (Å²) >= 11 is 0. The Labute approximate surface area is 98.9 Å². The Morgan fingerprint density at radius 1 is 1.17 bits per heavy atom. The number of primary sulfonamides is 1. The summed E-state index contributed by atoms with van der Waals surface area (Å²) in [5.41, 5.74) is 14.7. The summed E-state index contributed by atoms with van der Waals surface area (Å²) in [7, 11) is -4.52. The molecule has 0 aromatic rings. The van der Waals surface area contributed by atoms with Crippen LogP contribution in [0.2, 0.25) is 0 Å². The van der Waals surface area contributed by atoms with Crippen LogP contribution in [0.3, 0.4) is 0 Å². The second-order valence-electron chi connectivity index (χ2n) is 2.82. The average Bonchev–Trinajstić information content (AvgIpc) is 2.24. The third-order valence-electron chi connectivity index (χ3n) is 1.74. The lowest BCUT2D eigenvalue weighted by molar-refractivity contribution is -0.131. The quantitative estimate of drug-likeness (QED) is 0.250. The van der Waals surface area contributed by atoms with E-state index in [0.717, 1.165) is 0 Å². The number of nitrogens with two attached hydrogens (primary N) is 1. The topological polar surface area (TPSA) is 192 Å². The van der Waals surface area contributed by atoms with Crippen molar-refractivity contribution in [2.45, 2.75) is 0 Å². The minimum absolute atomic E-state index is 0.498. The fourth-order valence-corrected chi connectivity index (χ4v) is 1.93. The maximum absolute atomic E-state index is 11.4. The second kappa shape index (κ2) is 4.69. The van der Waals surface area contributed by atoms with E-state index >= 15 is 0 Å². The molecule has 0 saturated carbocycles. The van der Waals surface area contributed by atoms with Crippen molar-refractivity contribution < 1.29 is 18.0 Å². The number of carbonyl (C=O) groups is 2. The summed E-state index contributed by atoms with van der Waals surface area (Å²) in [5, 5.41) is 10.5. The molecule has 0 aromatic carbocycles. The molecule has 0 fully saturated rings. The first-order chi connectivity index (χ1) is 8.32. The van der Waals surface area contributed by atoms with Gasteiger partial charge in [-0.2, -0.15) is 0 Å². The van der Waals surface area contributed by atoms with Crippen molar-refractivity contribution >= 4 is 21.6 Å². The van der Waals surface area contributed by atoms with Gasteiger partial charge in [0.05, 0.1) is 5.70 Å². The Morgan fingerprint density at radius 3 is 2.17 bits per heavy atom. The van der Waals surface area contributed by atoms with E-state index in [1.807, 2.05) is 0 Å². The zero-order valence-electron chi connectivity index (χ0n) is 8.38. The molecule has 0 radical (unpaired) electrons. The van der Waals surface area contributed by atoms with Gasteiger partial charge in [-0.25, -0.2) is 13.6 Å². The summed E-state index contributed by atoms with van der Waals surface area (Å²) in [5.74, 6) is -2.54. The van der Waals surface area contributed by atoms with Gasteiger partial charge in [-0.3, -0.25) is 9.59 Å². The minimum Gasteiger partial charge on any atom is -0.286 e. The maximum atomic E-state index is 11.4. The normalized spacial score (nSPS) is 15.7. The summed E-state index contributed by atoms with van der Waals surface area (Å²) in [6.45, 7) is 0. The van der Waals surface area contributed by atoms with Crippen molar-refractivity contribution in [1.82, 2.24) is 0 Å². The van der Waals surface area contributed by atoms with Gasteiger partial charge in [-0.05, 0) is 11.1 Å².